The smallest absolute Gasteiger partial charge is 0.239 e. The fourth-order valence-corrected chi connectivity index (χ4v) is 2.70. The van der Waals surface area contributed by atoms with Crippen molar-refractivity contribution in [2.24, 2.45) is 5.73 Å². The van der Waals surface area contributed by atoms with E-state index in [2.05, 4.69) is 11.6 Å². The lowest BCUT2D eigenvalue weighted by molar-refractivity contribution is -0.126. The molecule has 0 radical (unpaired) electrons. The Morgan fingerprint density at radius 1 is 1.44 bits per heavy atom. The van der Waals surface area contributed by atoms with Gasteiger partial charge in [0, 0.05) is 11.3 Å². The predicted octanol–water partition coefficient (Wildman–Crippen LogP) is 1.90. The number of hydrogen-bond donors (Lipinski definition) is 2. The molecule has 0 spiro atoms. The van der Waals surface area contributed by atoms with Crippen molar-refractivity contribution < 1.29 is 4.79 Å². The molecule has 1 fully saturated rings. The lowest BCUT2D eigenvalue weighted by Crippen LogP contribution is -2.54. The van der Waals surface area contributed by atoms with Gasteiger partial charge in [0.15, 0.2) is 0 Å². The summed E-state index contributed by atoms with van der Waals surface area (Å²) >= 11 is 1.94. The van der Waals surface area contributed by atoms with Gasteiger partial charge in [-0.3, -0.25) is 4.79 Å². The molecule has 0 aromatic carbocycles. The van der Waals surface area contributed by atoms with Crippen LogP contribution in [-0.4, -0.2) is 29.0 Å². The van der Waals surface area contributed by atoms with Gasteiger partial charge in [-0.25, -0.2) is 0 Å². The fourth-order valence-electron chi connectivity index (χ4n) is 1.95. The molecule has 1 aliphatic rings. The van der Waals surface area contributed by atoms with E-state index < -0.39 is 5.54 Å². The third-order valence-electron chi connectivity index (χ3n) is 3.60. The van der Waals surface area contributed by atoms with Crippen LogP contribution in [0.25, 0.3) is 0 Å². The zero-order valence-corrected chi connectivity index (χ0v) is 11.4. The molecule has 1 aliphatic carbocycles. The summed E-state index contributed by atoms with van der Waals surface area (Å²) in [5.74, 6) is 0.00241. The lowest BCUT2D eigenvalue weighted by Gasteiger charge is -2.31. The zero-order chi connectivity index (χ0) is 12.2. The predicted molar refractivity (Wildman–Crippen MR) is 70.6 cm³/mol. The maximum Gasteiger partial charge on any atom is 0.239 e. The zero-order valence-electron chi connectivity index (χ0n) is 10.6. The third kappa shape index (κ3) is 3.67. The van der Waals surface area contributed by atoms with Crippen molar-refractivity contribution in [2.45, 2.75) is 62.8 Å². The van der Waals surface area contributed by atoms with Crippen LogP contribution in [0.5, 0.6) is 0 Å². The molecule has 0 aliphatic heterocycles. The molecule has 1 saturated carbocycles. The number of carbonyl (C=O) groups excluding carboxylic acids is 1. The Bertz CT molecular complexity index is 235. The van der Waals surface area contributed by atoms with Crippen LogP contribution in [0.4, 0.5) is 0 Å². The van der Waals surface area contributed by atoms with E-state index in [1.165, 1.54) is 12.8 Å². The molecule has 3 N–H and O–H groups in total. The minimum absolute atomic E-state index is 0.00241. The molecule has 0 heterocycles. The highest BCUT2D eigenvalue weighted by molar-refractivity contribution is 7.99. The Morgan fingerprint density at radius 2 is 2.00 bits per heavy atom. The number of amides is 1. The minimum atomic E-state index is -0.712. The summed E-state index contributed by atoms with van der Waals surface area (Å²) in [5.41, 5.74) is 5.20. The van der Waals surface area contributed by atoms with E-state index in [1.54, 1.807) is 6.92 Å². The van der Waals surface area contributed by atoms with Crippen LogP contribution in [0, 0.1) is 0 Å². The van der Waals surface area contributed by atoms with Gasteiger partial charge in [-0.1, -0.05) is 6.92 Å². The number of hydrogen-bond acceptors (Lipinski definition) is 3. The van der Waals surface area contributed by atoms with Crippen molar-refractivity contribution in [1.29, 1.82) is 0 Å². The summed E-state index contributed by atoms with van der Waals surface area (Å²) < 4.78 is 0. The van der Waals surface area contributed by atoms with Gasteiger partial charge >= 0.3 is 0 Å². The molecule has 94 valence electrons. The summed E-state index contributed by atoms with van der Waals surface area (Å²) in [4.78, 5) is 11.9. The van der Waals surface area contributed by atoms with E-state index in [9.17, 15) is 4.79 Å². The molecule has 1 unspecified atom stereocenters. The highest BCUT2D eigenvalue weighted by Gasteiger charge is 2.29. The number of nitrogens with one attached hydrogen (secondary N) is 1. The molecule has 0 aromatic rings. The molecule has 1 atom stereocenters. The van der Waals surface area contributed by atoms with Crippen LogP contribution in [-0.2, 0) is 4.79 Å². The summed E-state index contributed by atoms with van der Waals surface area (Å²) in [6.07, 6.45) is 7.45. The SMILES string of the molecule is CCC(C)(N)C(=O)NC1CCC(SC)CC1. The molecule has 0 aromatic heterocycles. The van der Waals surface area contributed by atoms with E-state index >= 15 is 0 Å². The fraction of sp³-hybridized carbons (Fsp3) is 0.917. The summed E-state index contributed by atoms with van der Waals surface area (Å²) in [6.45, 7) is 3.75. The molecule has 16 heavy (non-hydrogen) atoms. The first-order valence-corrected chi connectivity index (χ1v) is 7.41. The van der Waals surface area contributed by atoms with E-state index in [0.29, 0.717) is 12.5 Å². The standard InChI is InChI=1S/C12H24N2OS/c1-4-12(2,13)11(15)14-9-5-7-10(16-3)8-6-9/h9-10H,4-8,13H2,1-3H3,(H,14,15). The van der Waals surface area contributed by atoms with Gasteiger partial charge in [0.25, 0.3) is 0 Å². The second kappa shape index (κ2) is 5.92. The molecule has 1 rings (SSSR count). The maximum absolute atomic E-state index is 11.9. The van der Waals surface area contributed by atoms with Crippen molar-refractivity contribution in [3.63, 3.8) is 0 Å². The van der Waals surface area contributed by atoms with Gasteiger partial charge in [-0.2, -0.15) is 11.8 Å². The van der Waals surface area contributed by atoms with Gasteiger partial charge in [-0.05, 0) is 45.3 Å². The van der Waals surface area contributed by atoms with Crippen LogP contribution in [0.1, 0.15) is 46.0 Å². The van der Waals surface area contributed by atoms with Gasteiger partial charge in [0.2, 0.25) is 5.91 Å². The maximum atomic E-state index is 11.9. The highest BCUT2D eigenvalue weighted by atomic mass is 32.2. The van der Waals surface area contributed by atoms with Crippen molar-refractivity contribution in [3.8, 4) is 0 Å². The van der Waals surface area contributed by atoms with E-state index in [0.717, 1.165) is 18.1 Å². The quantitative estimate of drug-likeness (QED) is 0.794. The molecule has 3 nitrogen and oxygen atoms in total. The second-order valence-electron chi connectivity index (χ2n) is 4.95. The number of rotatable bonds is 4. The van der Waals surface area contributed by atoms with Crippen molar-refractivity contribution in [3.05, 3.63) is 0 Å². The molecule has 1 amide bonds. The van der Waals surface area contributed by atoms with Crippen molar-refractivity contribution in [2.75, 3.05) is 6.26 Å². The minimum Gasteiger partial charge on any atom is -0.352 e. The Balaban J connectivity index is 2.36. The van der Waals surface area contributed by atoms with Crippen LogP contribution in [0.2, 0.25) is 0 Å². The Labute approximate surface area is 103 Å². The average molecular weight is 244 g/mol. The van der Waals surface area contributed by atoms with Crippen LogP contribution < -0.4 is 11.1 Å². The van der Waals surface area contributed by atoms with Crippen molar-refractivity contribution in [1.82, 2.24) is 5.32 Å². The number of nitrogens with two attached hydrogens (primary N) is 1. The second-order valence-corrected chi connectivity index (χ2v) is 6.09. The van der Waals surface area contributed by atoms with Gasteiger partial charge in [-0.15, -0.1) is 0 Å². The summed E-state index contributed by atoms with van der Waals surface area (Å²) in [6, 6.07) is 0.338. The molecule has 0 bridgehead atoms. The molecule has 0 saturated heterocycles. The van der Waals surface area contributed by atoms with E-state index in [1.807, 2.05) is 18.7 Å². The lowest BCUT2D eigenvalue weighted by atomic mass is 9.93. The van der Waals surface area contributed by atoms with Gasteiger partial charge < -0.3 is 11.1 Å². The number of thioether (sulfide) groups is 1. The Morgan fingerprint density at radius 3 is 2.44 bits per heavy atom. The van der Waals surface area contributed by atoms with Gasteiger partial charge in [0.1, 0.15) is 0 Å². The summed E-state index contributed by atoms with van der Waals surface area (Å²) in [7, 11) is 0. The highest BCUT2D eigenvalue weighted by Crippen LogP contribution is 2.27. The molecular formula is C12H24N2OS. The van der Waals surface area contributed by atoms with E-state index in [-0.39, 0.29) is 5.91 Å². The Kier molecular flexibility index (Phi) is 5.12. The summed E-state index contributed by atoms with van der Waals surface area (Å²) in [5, 5.41) is 3.86. The normalized spacial score (nSPS) is 29.5. The number of carbonyl (C=O) groups is 1. The largest absolute Gasteiger partial charge is 0.352 e. The third-order valence-corrected chi connectivity index (χ3v) is 4.73. The van der Waals surface area contributed by atoms with Crippen LogP contribution in [0.15, 0.2) is 0 Å². The monoisotopic (exact) mass is 244 g/mol. The first kappa shape index (κ1) is 13.8. The van der Waals surface area contributed by atoms with E-state index in [4.69, 9.17) is 5.73 Å². The van der Waals surface area contributed by atoms with Crippen LogP contribution in [0.3, 0.4) is 0 Å². The topological polar surface area (TPSA) is 55.1 Å². The van der Waals surface area contributed by atoms with Gasteiger partial charge in [0.05, 0.1) is 5.54 Å². The van der Waals surface area contributed by atoms with Crippen molar-refractivity contribution >= 4 is 17.7 Å². The average Bonchev–Trinajstić information content (AvgIpc) is 2.30. The molecule has 4 heteroatoms. The molecular weight excluding hydrogens is 220 g/mol. The van der Waals surface area contributed by atoms with Crippen LogP contribution >= 0.6 is 11.8 Å². The first-order valence-electron chi connectivity index (χ1n) is 6.12. The first-order chi connectivity index (χ1) is 7.49. The Hall–Kier alpha value is -0.220.